The monoisotopic (exact) mass is 387 g/mol. The normalized spacial score (nSPS) is 10.5. The van der Waals surface area contributed by atoms with Crippen LogP contribution >= 0.6 is 0 Å². The van der Waals surface area contributed by atoms with Gasteiger partial charge in [-0.15, -0.1) is 0 Å². The van der Waals surface area contributed by atoms with Crippen LogP contribution in [0.25, 0.3) is 5.69 Å². The van der Waals surface area contributed by atoms with E-state index >= 15 is 0 Å². The van der Waals surface area contributed by atoms with Crippen molar-refractivity contribution in [2.75, 3.05) is 5.32 Å². The van der Waals surface area contributed by atoms with Crippen molar-refractivity contribution in [2.45, 2.75) is 6.92 Å². The van der Waals surface area contributed by atoms with Crippen molar-refractivity contribution >= 4 is 11.6 Å². The molecule has 1 amide bonds. The van der Waals surface area contributed by atoms with Gasteiger partial charge < -0.3 is 10.1 Å². The zero-order valence-corrected chi connectivity index (χ0v) is 15.5. The molecular weight excluding hydrogens is 370 g/mol. The van der Waals surface area contributed by atoms with Gasteiger partial charge >= 0.3 is 6.01 Å². The number of benzene rings is 2. The van der Waals surface area contributed by atoms with Crippen molar-refractivity contribution in [1.29, 1.82) is 0 Å². The average molecular weight is 387 g/mol. The minimum atomic E-state index is -0.338. The van der Waals surface area contributed by atoms with Gasteiger partial charge in [0, 0.05) is 29.8 Å². The van der Waals surface area contributed by atoms with Gasteiger partial charge in [-0.1, -0.05) is 18.2 Å². The van der Waals surface area contributed by atoms with Crippen molar-refractivity contribution in [3.63, 3.8) is 0 Å². The second kappa shape index (κ2) is 7.81. The number of aromatic amines is 1. The van der Waals surface area contributed by atoms with Gasteiger partial charge in [0.1, 0.15) is 5.75 Å². The van der Waals surface area contributed by atoms with E-state index in [2.05, 4.69) is 20.4 Å². The molecule has 8 heteroatoms. The molecule has 0 saturated carbocycles. The smallest absolute Gasteiger partial charge is 0.321 e. The number of carbonyl (C=O) groups excluding carboxylic acids is 1. The van der Waals surface area contributed by atoms with E-state index in [1.807, 2.05) is 25.1 Å². The molecule has 4 rings (SSSR count). The number of nitrogens with one attached hydrogen (secondary N) is 2. The van der Waals surface area contributed by atoms with Gasteiger partial charge in [-0.25, -0.2) is 9.97 Å². The number of anilines is 1. The molecule has 0 aliphatic rings. The molecular formula is C21H17N5O3. The summed E-state index contributed by atoms with van der Waals surface area (Å²) in [5, 5.41) is 5.50. The van der Waals surface area contributed by atoms with E-state index in [0.717, 1.165) is 11.4 Å². The molecule has 2 aromatic heterocycles. The Kier molecular flexibility index (Phi) is 4.90. The van der Waals surface area contributed by atoms with E-state index in [4.69, 9.17) is 4.74 Å². The van der Waals surface area contributed by atoms with E-state index in [1.165, 1.54) is 18.5 Å². The predicted octanol–water partition coefficient (Wildman–Crippen LogP) is 3.31. The number of hydrogen-bond donors (Lipinski definition) is 2. The van der Waals surface area contributed by atoms with Crippen LogP contribution in [0.4, 0.5) is 5.69 Å². The van der Waals surface area contributed by atoms with Gasteiger partial charge in [0.25, 0.3) is 11.5 Å². The van der Waals surface area contributed by atoms with E-state index in [9.17, 15) is 9.59 Å². The van der Waals surface area contributed by atoms with E-state index < -0.39 is 0 Å². The lowest BCUT2D eigenvalue weighted by Crippen LogP contribution is -2.13. The summed E-state index contributed by atoms with van der Waals surface area (Å²) in [5.74, 6) is 0.277. The maximum atomic E-state index is 12.4. The Bertz CT molecular complexity index is 1180. The van der Waals surface area contributed by atoms with Crippen molar-refractivity contribution in [3.05, 3.63) is 94.7 Å². The number of amides is 1. The molecule has 8 nitrogen and oxygen atoms in total. The van der Waals surface area contributed by atoms with Gasteiger partial charge in [0.15, 0.2) is 0 Å². The fourth-order valence-corrected chi connectivity index (χ4v) is 2.73. The molecule has 0 saturated heterocycles. The van der Waals surface area contributed by atoms with Crippen LogP contribution in [0.2, 0.25) is 0 Å². The Morgan fingerprint density at radius 1 is 1.03 bits per heavy atom. The number of hydrogen-bond acceptors (Lipinski definition) is 5. The molecule has 0 fully saturated rings. The summed E-state index contributed by atoms with van der Waals surface area (Å²) in [4.78, 5) is 32.0. The van der Waals surface area contributed by atoms with Gasteiger partial charge in [-0.05, 0) is 43.3 Å². The highest BCUT2D eigenvalue weighted by molar-refractivity contribution is 6.03. The molecule has 144 valence electrons. The average Bonchev–Trinajstić information content (AvgIpc) is 3.08. The van der Waals surface area contributed by atoms with E-state index in [0.29, 0.717) is 17.0 Å². The Hall–Kier alpha value is -4.20. The van der Waals surface area contributed by atoms with Crippen LogP contribution in [-0.2, 0) is 0 Å². The molecule has 0 aliphatic heterocycles. The number of rotatable bonds is 5. The fraction of sp³-hybridized carbons (Fsp3) is 0.0476. The van der Waals surface area contributed by atoms with E-state index in [-0.39, 0.29) is 17.5 Å². The molecule has 2 N–H and O–H groups in total. The molecule has 0 bridgehead atoms. The van der Waals surface area contributed by atoms with Crippen LogP contribution in [0.5, 0.6) is 11.8 Å². The standard InChI is InChI=1S/C21H17N5O3/c1-14-11-19(27)25-26(14)17-9-7-16(8-10-17)24-20(28)15-12-22-21(23-13-15)29-18-5-3-2-4-6-18/h2-13H,1H3,(H,24,28)(H,25,27). The summed E-state index contributed by atoms with van der Waals surface area (Å²) in [6.45, 7) is 1.83. The first-order valence-electron chi connectivity index (χ1n) is 8.84. The molecule has 0 unspecified atom stereocenters. The van der Waals surface area contributed by atoms with Crippen LogP contribution in [-0.4, -0.2) is 25.7 Å². The van der Waals surface area contributed by atoms with Gasteiger partial charge in [0.05, 0.1) is 11.3 Å². The Morgan fingerprint density at radius 3 is 2.34 bits per heavy atom. The largest absolute Gasteiger partial charge is 0.424 e. The van der Waals surface area contributed by atoms with Crippen molar-refractivity contribution < 1.29 is 9.53 Å². The zero-order valence-electron chi connectivity index (χ0n) is 15.5. The van der Waals surface area contributed by atoms with E-state index in [1.54, 1.807) is 41.1 Å². The SMILES string of the molecule is Cc1cc(=O)[nH]n1-c1ccc(NC(=O)c2cnc(Oc3ccccc3)nc2)cc1. The highest BCUT2D eigenvalue weighted by Crippen LogP contribution is 2.17. The van der Waals surface area contributed by atoms with Crippen LogP contribution in [0.1, 0.15) is 16.1 Å². The zero-order chi connectivity index (χ0) is 20.2. The summed E-state index contributed by atoms with van der Waals surface area (Å²) in [5.41, 5.74) is 2.32. The summed E-state index contributed by atoms with van der Waals surface area (Å²) < 4.78 is 7.19. The Balaban J connectivity index is 1.42. The third-order valence-corrected chi connectivity index (χ3v) is 4.14. The topological polar surface area (TPSA) is 102 Å². The molecule has 0 atom stereocenters. The Morgan fingerprint density at radius 2 is 1.72 bits per heavy atom. The quantitative estimate of drug-likeness (QED) is 0.547. The lowest BCUT2D eigenvalue weighted by molar-refractivity contribution is 0.102. The first-order chi connectivity index (χ1) is 14.1. The third kappa shape index (κ3) is 4.22. The second-order valence-electron chi connectivity index (χ2n) is 6.27. The maximum absolute atomic E-state index is 12.4. The highest BCUT2D eigenvalue weighted by Gasteiger charge is 2.09. The molecule has 29 heavy (non-hydrogen) atoms. The third-order valence-electron chi connectivity index (χ3n) is 4.14. The number of aryl methyl sites for hydroxylation is 1. The number of carbonyl (C=O) groups is 1. The number of aromatic nitrogens is 4. The molecule has 0 spiro atoms. The first kappa shape index (κ1) is 18.2. The molecule has 0 aliphatic carbocycles. The minimum Gasteiger partial charge on any atom is -0.424 e. The van der Waals surface area contributed by atoms with Crippen LogP contribution in [0.3, 0.4) is 0 Å². The van der Waals surface area contributed by atoms with Gasteiger partial charge in [-0.2, -0.15) is 0 Å². The summed E-state index contributed by atoms with van der Waals surface area (Å²) in [7, 11) is 0. The lowest BCUT2D eigenvalue weighted by Gasteiger charge is -2.08. The summed E-state index contributed by atoms with van der Waals surface area (Å²) in [6, 6.07) is 17.9. The maximum Gasteiger partial charge on any atom is 0.321 e. The number of nitrogens with zero attached hydrogens (tertiary/aromatic N) is 3. The summed E-state index contributed by atoms with van der Waals surface area (Å²) >= 11 is 0. The number of H-pyrrole nitrogens is 1. The summed E-state index contributed by atoms with van der Waals surface area (Å²) in [6.07, 6.45) is 2.81. The minimum absolute atomic E-state index is 0.160. The highest BCUT2D eigenvalue weighted by atomic mass is 16.5. The van der Waals surface area contributed by atoms with Crippen LogP contribution < -0.4 is 15.6 Å². The number of para-hydroxylation sites is 1. The van der Waals surface area contributed by atoms with Crippen LogP contribution in [0.15, 0.2) is 77.9 Å². The molecule has 4 aromatic rings. The van der Waals surface area contributed by atoms with Crippen molar-refractivity contribution in [3.8, 4) is 17.4 Å². The molecule has 2 heterocycles. The van der Waals surface area contributed by atoms with Crippen LogP contribution in [0, 0.1) is 6.92 Å². The fourth-order valence-electron chi connectivity index (χ4n) is 2.73. The van der Waals surface area contributed by atoms with Gasteiger partial charge in [-0.3, -0.25) is 19.4 Å². The van der Waals surface area contributed by atoms with Crippen molar-refractivity contribution in [1.82, 2.24) is 19.7 Å². The molecule has 2 aromatic carbocycles. The second-order valence-corrected chi connectivity index (χ2v) is 6.27. The number of ether oxygens (including phenoxy) is 1. The lowest BCUT2D eigenvalue weighted by atomic mass is 10.2. The predicted molar refractivity (Wildman–Crippen MR) is 108 cm³/mol. The molecule has 0 radical (unpaired) electrons. The van der Waals surface area contributed by atoms with Crippen molar-refractivity contribution in [2.24, 2.45) is 0 Å². The Labute approximate surface area is 165 Å². The van der Waals surface area contributed by atoms with Gasteiger partial charge in [0.2, 0.25) is 0 Å². The first-order valence-corrected chi connectivity index (χ1v) is 8.84.